The molecule has 25 heavy (non-hydrogen) atoms. The van der Waals surface area contributed by atoms with Crippen LogP contribution in [-0.4, -0.2) is 31.4 Å². The van der Waals surface area contributed by atoms with Gasteiger partial charge in [0, 0.05) is 13.0 Å². The van der Waals surface area contributed by atoms with Crippen molar-refractivity contribution in [2.75, 3.05) is 19.0 Å². The van der Waals surface area contributed by atoms with Crippen LogP contribution in [0.15, 0.2) is 48.5 Å². The highest BCUT2D eigenvalue weighted by atomic mass is 35.5. The molecule has 2 N–H and O–H groups in total. The van der Waals surface area contributed by atoms with Gasteiger partial charge in [-0.25, -0.2) is 4.79 Å². The molecule has 0 fully saturated rings. The summed E-state index contributed by atoms with van der Waals surface area (Å²) in [7, 11) is 1.27. The highest BCUT2D eigenvalue weighted by Gasteiger charge is 2.14. The third-order valence-electron chi connectivity index (χ3n) is 3.36. The summed E-state index contributed by atoms with van der Waals surface area (Å²) in [5.41, 5.74) is 0.968. The topological polar surface area (TPSA) is 84.5 Å². The number of rotatable bonds is 6. The number of para-hydroxylation sites is 1. The third-order valence-corrected chi connectivity index (χ3v) is 3.69. The minimum atomic E-state index is -0.539. The van der Waals surface area contributed by atoms with Gasteiger partial charge in [-0.1, -0.05) is 35.9 Å². The number of hydrogen-bond donors (Lipinski definition) is 2. The summed E-state index contributed by atoms with van der Waals surface area (Å²) in [6.07, 6.45) is 0.0473. The van der Waals surface area contributed by atoms with Gasteiger partial charge < -0.3 is 15.4 Å². The van der Waals surface area contributed by atoms with E-state index in [0.29, 0.717) is 16.3 Å². The molecule has 0 aliphatic carbocycles. The molecule has 0 bridgehead atoms. The maximum Gasteiger partial charge on any atom is 0.339 e. The maximum atomic E-state index is 12.0. The van der Waals surface area contributed by atoms with E-state index < -0.39 is 5.97 Å². The summed E-state index contributed by atoms with van der Waals surface area (Å²) in [6.45, 7) is 0.135. The van der Waals surface area contributed by atoms with Gasteiger partial charge in [-0.3, -0.25) is 9.59 Å². The SMILES string of the molecule is COC(=O)c1ccccc1NC(=O)CCNC(=O)c1ccccc1Cl. The molecule has 2 rings (SSSR count). The van der Waals surface area contributed by atoms with E-state index in [4.69, 9.17) is 11.6 Å². The molecule has 0 saturated carbocycles. The molecule has 0 aromatic heterocycles. The van der Waals surface area contributed by atoms with Crippen molar-refractivity contribution in [2.24, 2.45) is 0 Å². The quantitative estimate of drug-likeness (QED) is 0.776. The molecule has 2 amide bonds. The van der Waals surface area contributed by atoms with E-state index in [1.165, 1.54) is 7.11 Å². The van der Waals surface area contributed by atoms with E-state index in [1.807, 2.05) is 0 Å². The number of halogens is 1. The second-order valence-electron chi connectivity index (χ2n) is 5.07. The van der Waals surface area contributed by atoms with Crippen LogP contribution in [0.25, 0.3) is 0 Å². The number of carbonyl (C=O) groups excluding carboxylic acids is 3. The van der Waals surface area contributed by atoms with Crippen LogP contribution in [-0.2, 0) is 9.53 Å². The van der Waals surface area contributed by atoms with E-state index in [-0.39, 0.29) is 30.3 Å². The second kappa shape index (κ2) is 8.84. The fourth-order valence-electron chi connectivity index (χ4n) is 2.12. The van der Waals surface area contributed by atoms with Crippen LogP contribution in [0.2, 0.25) is 5.02 Å². The second-order valence-corrected chi connectivity index (χ2v) is 5.48. The fraction of sp³-hybridized carbons (Fsp3) is 0.167. The average molecular weight is 361 g/mol. The molecule has 0 saturated heterocycles. The number of anilines is 1. The Balaban J connectivity index is 1.89. The van der Waals surface area contributed by atoms with E-state index in [0.717, 1.165) is 0 Å². The van der Waals surface area contributed by atoms with Crippen LogP contribution in [0.4, 0.5) is 5.69 Å². The Morgan fingerprint density at radius 3 is 2.32 bits per heavy atom. The number of benzene rings is 2. The lowest BCUT2D eigenvalue weighted by molar-refractivity contribution is -0.116. The molecule has 0 heterocycles. The van der Waals surface area contributed by atoms with Crippen molar-refractivity contribution in [1.82, 2.24) is 5.32 Å². The molecule has 0 atom stereocenters. The summed E-state index contributed by atoms with van der Waals surface area (Å²) in [4.78, 5) is 35.7. The molecule has 7 heteroatoms. The molecular weight excluding hydrogens is 344 g/mol. The lowest BCUT2D eigenvalue weighted by atomic mass is 10.1. The van der Waals surface area contributed by atoms with Crippen molar-refractivity contribution in [3.8, 4) is 0 Å². The third kappa shape index (κ3) is 5.06. The fourth-order valence-corrected chi connectivity index (χ4v) is 2.34. The Bertz CT molecular complexity index is 792. The molecule has 2 aromatic rings. The first-order valence-corrected chi connectivity index (χ1v) is 7.90. The predicted molar refractivity (Wildman–Crippen MR) is 94.8 cm³/mol. The van der Waals surface area contributed by atoms with Gasteiger partial charge in [-0.2, -0.15) is 0 Å². The van der Waals surface area contributed by atoms with Gasteiger partial charge in [-0.05, 0) is 24.3 Å². The van der Waals surface area contributed by atoms with Gasteiger partial charge in [0.15, 0.2) is 0 Å². The minimum Gasteiger partial charge on any atom is -0.465 e. The monoisotopic (exact) mass is 360 g/mol. The average Bonchev–Trinajstić information content (AvgIpc) is 2.61. The maximum absolute atomic E-state index is 12.0. The lowest BCUT2D eigenvalue weighted by Gasteiger charge is -2.10. The number of hydrogen-bond acceptors (Lipinski definition) is 4. The van der Waals surface area contributed by atoms with Crippen molar-refractivity contribution in [3.63, 3.8) is 0 Å². The Hall–Kier alpha value is -2.86. The van der Waals surface area contributed by atoms with Gasteiger partial charge in [0.05, 0.1) is 28.9 Å². The Morgan fingerprint density at radius 1 is 1.00 bits per heavy atom. The van der Waals surface area contributed by atoms with Crippen LogP contribution in [0.3, 0.4) is 0 Å². The molecule has 0 aliphatic rings. The smallest absolute Gasteiger partial charge is 0.339 e. The number of methoxy groups -OCH3 is 1. The van der Waals surface area contributed by atoms with Crippen molar-refractivity contribution in [3.05, 3.63) is 64.7 Å². The summed E-state index contributed by atoms with van der Waals surface area (Å²) < 4.78 is 4.67. The Kier molecular flexibility index (Phi) is 6.54. The van der Waals surface area contributed by atoms with Crippen molar-refractivity contribution >= 4 is 35.1 Å². The number of carbonyl (C=O) groups is 3. The lowest BCUT2D eigenvalue weighted by Crippen LogP contribution is -2.28. The molecule has 2 aromatic carbocycles. The minimum absolute atomic E-state index is 0.0473. The van der Waals surface area contributed by atoms with Gasteiger partial charge >= 0.3 is 5.97 Å². The summed E-state index contributed by atoms with van der Waals surface area (Å²) in [6, 6.07) is 13.2. The van der Waals surface area contributed by atoms with E-state index >= 15 is 0 Å². The largest absolute Gasteiger partial charge is 0.465 e. The molecular formula is C18H17ClN2O4. The number of nitrogens with one attached hydrogen (secondary N) is 2. The van der Waals surface area contributed by atoms with Crippen LogP contribution in [0.5, 0.6) is 0 Å². The summed E-state index contributed by atoms with van der Waals surface area (Å²) >= 11 is 5.94. The highest BCUT2D eigenvalue weighted by Crippen LogP contribution is 2.16. The zero-order valence-electron chi connectivity index (χ0n) is 13.5. The highest BCUT2D eigenvalue weighted by molar-refractivity contribution is 6.33. The first-order chi connectivity index (χ1) is 12.0. The van der Waals surface area contributed by atoms with E-state index in [1.54, 1.807) is 48.5 Å². The van der Waals surface area contributed by atoms with E-state index in [9.17, 15) is 14.4 Å². The van der Waals surface area contributed by atoms with Crippen LogP contribution >= 0.6 is 11.6 Å². The zero-order chi connectivity index (χ0) is 18.2. The number of esters is 1. The molecule has 6 nitrogen and oxygen atoms in total. The Morgan fingerprint density at radius 2 is 1.64 bits per heavy atom. The molecule has 0 unspecified atom stereocenters. The van der Waals surface area contributed by atoms with Gasteiger partial charge in [-0.15, -0.1) is 0 Å². The van der Waals surface area contributed by atoms with Gasteiger partial charge in [0.2, 0.25) is 5.91 Å². The van der Waals surface area contributed by atoms with Crippen LogP contribution in [0.1, 0.15) is 27.1 Å². The molecule has 0 spiro atoms. The number of ether oxygens (including phenoxy) is 1. The zero-order valence-corrected chi connectivity index (χ0v) is 14.3. The Labute approximate surface area is 150 Å². The molecule has 0 aliphatic heterocycles. The van der Waals surface area contributed by atoms with Crippen molar-refractivity contribution in [2.45, 2.75) is 6.42 Å². The van der Waals surface area contributed by atoms with E-state index in [2.05, 4.69) is 15.4 Å². The van der Waals surface area contributed by atoms with Gasteiger partial charge in [0.25, 0.3) is 5.91 Å². The molecule has 0 radical (unpaired) electrons. The first-order valence-electron chi connectivity index (χ1n) is 7.53. The normalized spacial score (nSPS) is 10.0. The van der Waals surface area contributed by atoms with Crippen molar-refractivity contribution < 1.29 is 19.1 Å². The number of amides is 2. The molecule has 130 valence electrons. The van der Waals surface area contributed by atoms with Crippen LogP contribution < -0.4 is 10.6 Å². The predicted octanol–water partition coefficient (Wildman–Crippen LogP) is 2.89. The summed E-state index contributed by atoms with van der Waals surface area (Å²) in [5, 5.41) is 5.61. The van der Waals surface area contributed by atoms with Crippen molar-refractivity contribution in [1.29, 1.82) is 0 Å². The first kappa shape index (κ1) is 18.5. The van der Waals surface area contributed by atoms with Crippen LogP contribution in [0, 0.1) is 0 Å². The van der Waals surface area contributed by atoms with Gasteiger partial charge in [0.1, 0.15) is 0 Å². The summed E-state index contributed by atoms with van der Waals surface area (Å²) in [5.74, 6) is -1.23. The standard InChI is InChI=1S/C18H17ClN2O4/c1-25-18(24)13-7-3-5-9-15(13)21-16(22)10-11-20-17(23)12-6-2-4-8-14(12)19/h2-9H,10-11H2,1H3,(H,20,23)(H,21,22).